The number of fused-ring (bicyclic) bond motifs is 1. The Labute approximate surface area is 132 Å². The van der Waals surface area contributed by atoms with Crippen molar-refractivity contribution >= 4 is 22.7 Å². The van der Waals surface area contributed by atoms with Gasteiger partial charge in [0, 0.05) is 29.4 Å². The number of nitrogens with zero attached hydrogens (tertiary/aromatic N) is 3. The second-order valence-corrected chi connectivity index (χ2v) is 6.52. The molecule has 5 nitrogen and oxygen atoms in total. The van der Waals surface area contributed by atoms with Crippen LogP contribution in [0.25, 0.3) is 10.9 Å². The van der Waals surface area contributed by atoms with Gasteiger partial charge in [0.05, 0.1) is 0 Å². The molecular formula is C17H25N5. The molecule has 0 atom stereocenters. The van der Waals surface area contributed by atoms with Crippen molar-refractivity contribution in [2.45, 2.75) is 65.0 Å². The van der Waals surface area contributed by atoms with Gasteiger partial charge in [0.2, 0.25) is 5.95 Å². The number of aromatic nitrogens is 3. The molecule has 2 aromatic heterocycles. The molecule has 22 heavy (non-hydrogen) atoms. The molecule has 0 amide bonds. The van der Waals surface area contributed by atoms with Gasteiger partial charge in [-0.15, -0.1) is 0 Å². The van der Waals surface area contributed by atoms with Gasteiger partial charge in [-0.1, -0.05) is 19.3 Å². The fraction of sp³-hybridized carbons (Fsp3) is 0.588. The van der Waals surface area contributed by atoms with Crippen molar-refractivity contribution in [1.29, 1.82) is 0 Å². The largest absolute Gasteiger partial charge is 0.366 e. The molecule has 2 heterocycles. The summed E-state index contributed by atoms with van der Waals surface area (Å²) in [7, 11) is 0. The van der Waals surface area contributed by atoms with E-state index in [0.717, 1.165) is 28.4 Å². The number of aryl methyl sites for hydroxylation is 1. The molecular weight excluding hydrogens is 274 g/mol. The molecule has 3 rings (SSSR count). The smallest absolute Gasteiger partial charge is 0.223 e. The minimum absolute atomic E-state index is 0.321. The van der Waals surface area contributed by atoms with E-state index >= 15 is 0 Å². The minimum Gasteiger partial charge on any atom is -0.366 e. The molecule has 0 bridgehead atoms. The lowest BCUT2D eigenvalue weighted by molar-refractivity contribution is 0.461. The summed E-state index contributed by atoms with van der Waals surface area (Å²) in [6.45, 7) is 6.22. The van der Waals surface area contributed by atoms with E-state index in [9.17, 15) is 0 Å². The third kappa shape index (κ3) is 3.46. The fourth-order valence-electron chi connectivity index (χ4n) is 3.05. The first-order valence-electron chi connectivity index (χ1n) is 8.29. The topological polar surface area (TPSA) is 62.7 Å². The van der Waals surface area contributed by atoms with E-state index in [2.05, 4.69) is 34.4 Å². The van der Waals surface area contributed by atoms with Crippen LogP contribution in [0.1, 0.15) is 51.6 Å². The van der Waals surface area contributed by atoms with E-state index in [-0.39, 0.29) is 0 Å². The highest BCUT2D eigenvalue weighted by atomic mass is 15.1. The molecule has 118 valence electrons. The number of pyridine rings is 1. The SMILES string of the molecule is Cc1cc2cnc(NC3CCCCC3)nc2c(NC(C)C)n1. The summed E-state index contributed by atoms with van der Waals surface area (Å²) in [6.07, 6.45) is 8.27. The van der Waals surface area contributed by atoms with Crippen LogP contribution in [-0.2, 0) is 0 Å². The Balaban J connectivity index is 1.91. The number of rotatable bonds is 4. The second kappa shape index (κ2) is 6.46. The number of nitrogens with one attached hydrogen (secondary N) is 2. The van der Waals surface area contributed by atoms with Crippen molar-refractivity contribution in [2.24, 2.45) is 0 Å². The van der Waals surface area contributed by atoms with Crippen LogP contribution in [0.5, 0.6) is 0 Å². The Morgan fingerprint density at radius 3 is 2.64 bits per heavy atom. The van der Waals surface area contributed by atoms with Gasteiger partial charge in [-0.25, -0.2) is 15.0 Å². The summed E-state index contributed by atoms with van der Waals surface area (Å²) in [5.41, 5.74) is 1.87. The van der Waals surface area contributed by atoms with Crippen LogP contribution in [0.3, 0.4) is 0 Å². The second-order valence-electron chi connectivity index (χ2n) is 6.52. The minimum atomic E-state index is 0.321. The summed E-state index contributed by atoms with van der Waals surface area (Å²) in [5, 5.41) is 7.91. The quantitative estimate of drug-likeness (QED) is 0.896. The molecule has 0 radical (unpaired) electrons. The lowest BCUT2D eigenvalue weighted by Crippen LogP contribution is -2.23. The van der Waals surface area contributed by atoms with Crippen molar-refractivity contribution in [2.75, 3.05) is 10.6 Å². The molecule has 5 heteroatoms. The standard InChI is InChI=1S/C17H25N5/c1-11(2)19-16-15-13(9-12(3)20-16)10-18-17(22-15)21-14-7-5-4-6-8-14/h9-11,14H,4-8H2,1-3H3,(H,19,20)(H,18,21,22). The normalized spacial score (nSPS) is 16.2. The van der Waals surface area contributed by atoms with Crippen LogP contribution in [0.2, 0.25) is 0 Å². The summed E-state index contributed by atoms with van der Waals surface area (Å²) in [4.78, 5) is 13.8. The lowest BCUT2D eigenvalue weighted by atomic mass is 9.96. The molecule has 2 aromatic rings. The fourth-order valence-corrected chi connectivity index (χ4v) is 3.05. The average Bonchev–Trinajstić information content (AvgIpc) is 2.48. The van der Waals surface area contributed by atoms with E-state index in [4.69, 9.17) is 4.98 Å². The molecule has 0 aromatic carbocycles. The van der Waals surface area contributed by atoms with Crippen LogP contribution in [0.15, 0.2) is 12.3 Å². The monoisotopic (exact) mass is 299 g/mol. The third-order valence-corrected chi connectivity index (χ3v) is 4.06. The molecule has 0 unspecified atom stereocenters. The van der Waals surface area contributed by atoms with Crippen molar-refractivity contribution in [3.05, 3.63) is 18.0 Å². The Hall–Kier alpha value is -1.91. The molecule has 0 spiro atoms. The summed E-state index contributed by atoms with van der Waals surface area (Å²) < 4.78 is 0. The summed E-state index contributed by atoms with van der Waals surface area (Å²) in [6, 6.07) is 2.86. The van der Waals surface area contributed by atoms with Crippen molar-refractivity contribution < 1.29 is 0 Å². The van der Waals surface area contributed by atoms with Crippen molar-refractivity contribution in [1.82, 2.24) is 15.0 Å². The Morgan fingerprint density at radius 2 is 1.91 bits per heavy atom. The predicted molar refractivity (Wildman–Crippen MR) is 91.3 cm³/mol. The number of hydrogen-bond donors (Lipinski definition) is 2. The van der Waals surface area contributed by atoms with E-state index in [0.29, 0.717) is 12.1 Å². The first-order chi connectivity index (χ1) is 10.6. The van der Waals surface area contributed by atoms with E-state index in [1.165, 1.54) is 32.1 Å². The van der Waals surface area contributed by atoms with Crippen molar-refractivity contribution in [3.8, 4) is 0 Å². The highest BCUT2D eigenvalue weighted by Crippen LogP contribution is 2.24. The van der Waals surface area contributed by atoms with Crippen molar-refractivity contribution in [3.63, 3.8) is 0 Å². The molecule has 1 aliphatic carbocycles. The molecule has 1 fully saturated rings. The van der Waals surface area contributed by atoms with Gasteiger partial charge in [0.15, 0.2) is 5.82 Å². The zero-order valence-electron chi connectivity index (χ0n) is 13.7. The van der Waals surface area contributed by atoms with Gasteiger partial charge in [0.1, 0.15) is 5.52 Å². The lowest BCUT2D eigenvalue weighted by Gasteiger charge is -2.22. The predicted octanol–water partition coefficient (Wildman–Crippen LogP) is 3.90. The van der Waals surface area contributed by atoms with Crippen LogP contribution < -0.4 is 10.6 Å². The van der Waals surface area contributed by atoms with E-state index in [1.54, 1.807) is 0 Å². The maximum atomic E-state index is 4.72. The maximum Gasteiger partial charge on any atom is 0.223 e. The van der Waals surface area contributed by atoms with E-state index in [1.807, 2.05) is 19.2 Å². The summed E-state index contributed by atoms with van der Waals surface area (Å²) in [5.74, 6) is 1.57. The third-order valence-electron chi connectivity index (χ3n) is 4.06. The first-order valence-corrected chi connectivity index (χ1v) is 8.29. The molecule has 1 saturated carbocycles. The average molecular weight is 299 g/mol. The first kappa shape index (κ1) is 15.0. The van der Waals surface area contributed by atoms with Gasteiger partial charge < -0.3 is 10.6 Å². The van der Waals surface area contributed by atoms with Gasteiger partial charge in [-0.2, -0.15) is 0 Å². The van der Waals surface area contributed by atoms with E-state index < -0.39 is 0 Å². The molecule has 1 aliphatic rings. The van der Waals surface area contributed by atoms with Crippen LogP contribution in [-0.4, -0.2) is 27.0 Å². The highest BCUT2D eigenvalue weighted by molar-refractivity contribution is 5.88. The zero-order chi connectivity index (χ0) is 15.5. The highest BCUT2D eigenvalue weighted by Gasteiger charge is 2.15. The Bertz CT molecular complexity index is 647. The number of anilines is 2. The maximum absolute atomic E-state index is 4.72. The number of hydrogen-bond acceptors (Lipinski definition) is 5. The summed E-state index contributed by atoms with van der Waals surface area (Å²) >= 11 is 0. The molecule has 0 saturated heterocycles. The Morgan fingerprint density at radius 1 is 1.14 bits per heavy atom. The Kier molecular flexibility index (Phi) is 4.41. The van der Waals surface area contributed by atoms with Crippen LogP contribution in [0, 0.1) is 6.92 Å². The van der Waals surface area contributed by atoms with Gasteiger partial charge >= 0.3 is 0 Å². The van der Waals surface area contributed by atoms with Gasteiger partial charge in [-0.3, -0.25) is 0 Å². The molecule has 2 N–H and O–H groups in total. The van der Waals surface area contributed by atoms with Crippen LogP contribution in [0.4, 0.5) is 11.8 Å². The van der Waals surface area contributed by atoms with Gasteiger partial charge in [0.25, 0.3) is 0 Å². The van der Waals surface area contributed by atoms with Crippen LogP contribution >= 0.6 is 0 Å². The molecule has 0 aliphatic heterocycles. The van der Waals surface area contributed by atoms with Gasteiger partial charge in [-0.05, 0) is 39.7 Å². The zero-order valence-corrected chi connectivity index (χ0v) is 13.7.